The number of ether oxygens (including phenoxy) is 1. The van der Waals surface area contributed by atoms with Crippen molar-refractivity contribution in [1.29, 1.82) is 0 Å². The summed E-state index contributed by atoms with van der Waals surface area (Å²) in [5.41, 5.74) is 0.0549. The van der Waals surface area contributed by atoms with Crippen LogP contribution in [0.2, 0.25) is 5.02 Å². The molecule has 1 atom stereocenters. The topological polar surface area (TPSA) is 62.9 Å². The molecule has 124 valence electrons. The highest BCUT2D eigenvalue weighted by Gasteiger charge is 2.31. The maximum Gasteiger partial charge on any atom is 0.259 e. The van der Waals surface area contributed by atoms with Gasteiger partial charge in [-0.3, -0.25) is 4.79 Å². The molecule has 0 aliphatic heterocycles. The number of halogens is 1. The van der Waals surface area contributed by atoms with Crippen molar-refractivity contribution in [3.05, 3.63) is 64.5 Å². The first-order chi connectivity index (χ1) is 11.3. The SMILES string of the molecule is [C-]#[N+]c1ccc(NC(=O)[C@@](C)(O)COc2ccc(C)cc2)cc1Cl. The third-order valence-electron chi connectivity index (χ3n) is 3.36. The standard InChI is InChI=1S/C18H17ClN2O3/c1-12-4-7-14(8-5-12)24-11-18(2,23)17(22)21-13-6-9-16(20-3)15(19)10-13/h4-10,23H,11H2,1-2H3,(H,21,22)/t18-/m0/s1. The highest BCUT2D eigenvalue weighted by molar-refractivity contribution is 6.33. The molecule has 2 rings (SSSR count). The lowest BCUT2D eigenvalue weighted by Gasteiger charge is -2.22. The van der Waals surface area contributed by atoms with Crippen LogP contribution in [0, 0.1) is 13.5 Å². The second-order valence-electron chi connectivity index (χ2n) is 5.61. The van der Waals surface area contributed by atoms with Gasteiger partial charge in [-0.25, -0.2) is 4.85 Å². The normalized spacial score (nSPS) is 12.8. The van der Waals surface area contributed by atoms with E-state index in [2.05, 4.69) is 10.2 Å². The Bertz CT molecular complexity index is 780. The monoisotopic (exact) mass is 344 g/mol. The Balaban J connectivity index is 2.00. The lowest BCUT2D eigenvalue weighted by Crippen LogP contribution is -2.45. The zero-order chi connectivity index (χ0) is 17.7. The molecule has 6 heteroatoms. The van der Waals surface area contributed by atoms with Gasteiger partial charge in [0.15, 0.2) is 5.60 Å². The molecule has 2 N–H and O–H groups in total. The Kier molecular flexibility index (Phi) is 5.45. The minimum atomic E-state index is -1.73. The zero-order valence-electron chi connectivity index (χ0n) is 13.3. The van der Waals surface area contributed by atoms with Gasteiger partial charge in [0, 0.05) is 10.7 Å². The van der Waals surface area contributed by atoms with Crippen LogP contribution in [0.5, 0.6) is 5.75 Å². The Hall–Kier alpha value is -2.55. The second kappa shape index (κ2) is 7.35. The van der Waals surface area contributed by atoms with E-state index >= 15 is 0 Å². The third-order valence-corrected chi connectivity index (χ3v) is 3.66. The fourth-order valence-electron chi connectivity index (χ4n) is 1.86. The van der Waals surface area contributed by atoms with Crippen LogP contribution >= 0.6 is 11.6 Å². The van der Waals surface area contributed by atoms with Crippen molar-refractivity contribution in [2.75, 3.05) is 11.9 Å². The van der Waals surface area contributed by atoms with E-state index in [0.29, 0.717) is 17.1 Å². The van der Waals surface area contributed by atoms with E-state index in [1.165, 1.54) is 19.1 Å². The minimum absolute atomic E-state index is 0.199. The van der Waals surface area contributed by atoms with E-state index in [0.717, 1.165) is 5.56 Å². The van der Waals surface area contributed by atoms with Crippen molar-refractivity contribution in [2.45, 2.75) is 19.4 Å². The first-order valence-electron chi connectivity index (χ1n) is 7.22. The molecule has 0 bridgehead atoms. The van der Waals surface area contributed by atoms with E-state index in [4.69, 9.17) is 22.9 Å². The molecule has 0 spiro atoms. The van der Waals surface area contributed by atoms with Gasteiger partial charge in [0.05, 0.1) is 6.57 Å². The summed E-state index contributed by atoms with van der Waals surface area (Å²) in [5, 5.41) is 13.1. The number of amides is 1. The number of benzene rings is 2. The molecule has 1 amide bonds. The molecule has 24 heavy (non-hydrogen) atoms. The molecule has 0 fully saturated rings. The largest absolute Gasteiger partial charge is 0.490 e. The summed E-state index contributed by atoms with van der Waals surface area (Å²) < 4.78 is 5.47. The van der Waals surface area contributed by atoms with Gasteiger partial charge in [0.1, 0.15) is 12.4 Å². The summed E-state index contributed by atoms with van der Waals surface area (Å²) >= 11 is 5.93. The van der Waals surface area contributed by atoms with Gasteiger partial charge in [-0.1, -0.05) is 35.4 Å². The highest BCUT2D eigenvalue weighted by Crippen LogP contribution is 2.28. The molecule has 2 aromatic carbocycles. The molecule has 5 nitrogen and oxygen atoms in total. The summed E-state index contributed by atoms with van der Waals surface area (Å²) in [6, 6.07) is 11.8. The van der Waals surface area contributed by atoms with Gasteiger partial charge in [0.25, 0.3) is 5.91 Å². The fraction of sp³-hybridized carbons (Fsp3) is 0.222. The van der Waals surface area contributed by atoms with Crippen LogP contribution in [0.4, 0.5) is 11.4 Å². The second-order valence-corrected chi connectivity index (χ2v) is 6.01. The van der Waals surface area contributed by atoms with E-state index < -0.39 is 11.5 Å². The van der Waals surface area contributed by atoms with Crippen LogP contribution in [0.15, 0.2) is 42.5 Å². The van der Waals surface area contributed by atoms with Crippen molar-refractivity contribution in [2.24, 2.45) is 0 Å². The van der Waals surface area contributed by atoms with E-state index in [-0.39, 0.29) is 11.6 Å². The van der Waals surface area contributed by atoms with Crippen LogP contribution in [0.25, 0.3) is 4.85 Å². The van der Waals surface area contributed by atoms with Gasteiger partial charge in [-0.05, 0) is 38.1 Å². The van der Waals surface area contributed by atoms with Gasteiger partial charge in [-0.15, -0.1) is 0 Å². The lowest BCUT2D eigenvalue weighted by atomic mass is 10.1. The fourth-order valence-corrected chi connectivity index (χ4v) is 2.09. The molecule has 0 saturated heterocycles. The number of aliphatic hydroxyl groups is 1. The van der Waals surface area contributed by atoms with Crippen molar-refractivity contribution >= 4 is 28.9 Å². The third kappa shape index (κ3) is 4.48. The maximum absolute atomic E-state index is 12.2. The first-order valence-corrected chi connectivity index (χ1v) is 7.60. The molecule has 0 aromatic heterocycles. The number of rotatable bonds is 5. The Labute approximate surface area is 145 Å². The molecule has 0 aliphatic carbocycles. The van der Waals surface area contributed by atoms with Crippen molar-refractivity contribution < 1.29 is 14.6 Å². The van der Waals surface area contributed by atoms with Gasteiger partial charge >= 0.3 is 0 Å². The zero-order valence-corrected chi connectivity index (χ0v) is 14.1. The summed E-state index contributed by atoms with van der Waals surface area (Å²) in [7, 11) is 0. The summed E-state index contributed by atoms with van der Waals surface area (Å²) in [6.07, 6.45) is 0. The van der Waals surface area contributed by atoms with Crippen LogP contribution in [-0.4, -0.2) is 23.2 Å². The Morgan fingerprint density at radius 3 is 2.58 bits per heavy atom. The van der Waals surface area contributed by atoms with Crippen molar-refractivity contribution in [3.8, 4) is 5.75 Å². The number of hydrogen-bond acceptors (Lipinski definition) is 3. The number of anilines is 1. The molecule has 2 aromatic rings. The number of hydrogen-bond donors (Lipinski definition) is 2. The quantitative estimate of drug-likeness (QED) is 0.807. The van der Waals surface area contributed by atoms with E-state index in [1.54, 1.807) is 18.2 Å². The number of aryl methyl sites for hydroxylation is 1. The molecule has 0 heterocycles. The van der Waals surface area contributed by atoms with E-state index in [9.17, 15) is 9.90 Å². The summed E-state index contributed by atoms with van der Waals surface area (Å²) in [6.45, 7) is 10.1. The number of nitrogens with zero attached hydrogens (tertiary/aromatic N) is 1. The van der Waals surface area contributed by atoms with Crippen LogP contribution < -0.4 is 10.1 Å². The molecular formula is C18H17ClN2O3. The lowest BCUT2D eigenvalue weighted by molar-refractivity contribution is -0.135. The highest BCUT2D eigenvalue weighted by atomic mass is 35.5. The number of nitrogens with one attached hydrogen (secondary N) is 1. The van der Waals surface area contributed by atoms with Gasteiger partial charge in [0.2, 0.25) is 5.69 Å². The maximum atomic E-state index is 12.2. The molecule has 0 radical (unpaired) electrons. The average Bonchev–Trinajstić information content (AvgIpc) is 2.54. The smallest absolute Gasteiger partial charge is 0.259 e. The Morgan fingerprint density at radius 2 is 2.00 bits per heavy atom. The predicted octanol–water partition coefficient (Wildman–Crippen LogP) is 3.97. The van der Waals surface area contributed by atoms with E-state index in [1.807, 2.05) is 19.1 Å². The van der Waals surface area contributed by atoms with Crippen molar-refractivity contribution in [1.82, 2.24) is 0 Å². The summed E-state index contributed by atoms with van der Waals surface area (Å²) in [5.74, 6) is -0.0561. The van der Waals surface area contributed by atoms with Crippen molar-refractivity contribution in [3.63, 3.8) is 0 Å². The average molecular weight is 345 g/mol. The number of carbonyl (C=O) groups is 1. The number of carbonyl (C=O) groups excluding carboxylic acids is 1. The first kappa shape index (κ1) is 17.8. The Morgan fingerprint density at radius 1 is 1.33 bits per heavy atom. The van der Waals surface area contributed by atoms with Gasteiger partial charge in [-0.2, -0.15) is 0 Å². The minimum Gasteiger partial charge on any atom is -0.490 e. The van der Waals surface area contributed by atoms with Crippen LogP contribution in [0.1, 0.15) is 12.5 Å². The molecule has 0 saturated carbocycles. The summed E-state index contributed by atoms with van der Waals surface area (Å²) in [4.78, 5) is 15.5. The predicted molar refractivity (Wildman–Crippen MR) is 93.6 cm³/mol. The molecule has 0 unspecified atom stereocenters. The van der Waals surface area contributed by atoms with Gasteiger partial charge < -0.3 is 15.2 Å². The molecular weight excluding hydrogens is 328 g/mol. The van der Waals surface area contributed by atoms with Crippen LogP contribution in [-0.2, 0) is 4.79 Å². The van der Waals surface area contributed by atoms with Crippen LogP contribution in [0.3, 0.4) is 0 Å². The molecule has 0 aliphatic rings.